The zero-order valence-electron chi connectivity index (χ0n) is 17.1. The Morgan fingerprint density at radius 2 is 2.06 bits per heavy atom. The first-order chi connectivity index (χ1) is 15.3. The molecule has 0 aliphatic heterocycles. The average molecular weight is 432 g/mol. The third-order valence-electron chi connectivity index (χ3n) is 4.90. The van der Waals surface area contributed by atoms with E-state index in [2.05, 4.69) is 26.5 Å². The summed E-state index contributed by atoms with van der Waals surface area (Å²) in [6.07, 6.45) is 5.31. The molecule has 0 bridgehead atoms. The SMILES string of the molecule is C#Cc1cc(Cn2nc(C)c(NC(=O)c3cc(C(N)=O)nc4cc(F)ccc34)c2C)on1. The topological polar surface area (TPSA) is 129 Å². The summed E-state index contributed by atoms with van der Waals surface area (Å²) in [4.78, 5) is 28.8. The fourth-order valence-electron chi connectivity index (χ4n) is 3.33. The van der Waals surface area contributed by atoms with Crippen LogP contribution in [0.3, 0.4) is 0 Å². The molecule has 2 amide bonds. The van der Waals surface area contributed by atoms with Crippen molar-refractivity contribution in [3.8, 4) is 12.3 Å². The van der Waals surface area contributed by atoms with Crippen molar-refractivity contribution in [3.63, 3.8) is 0 Å². The molecule has 0 aliphatic rings. The van der Waals surface area contributed by atoms with Crippen molar-refractivity contribution in [1.82, 2.24) is 19.9 Å². The number of aryl methyl sites for hydroxylation is 1. The number of primary amides is 1. The number of rotatable bonds is 5. The molecule has 1 aromatic carbocycles. The molecule has 0 radical (unpaired) electrons. The number of nitrogens with two attached hydrogens (primary N) is 1. The molecule has 0 unspecified atom stereocenters. The molecule has 160 valence electrons. The van der Waals surface area contributed by atoms with Crippen molar-refractivity contribution in [2.45, 2.75) is 20.4 Å². The Morgan fingerprint density at radius 1 is 1.28 bits per heavy atom. The maximum absolute atomic E-state index is 13.7. The second-order valence-electron chi connectivity index (χ2n) is 7.06. The molecular weight excluding hydrogens is 415 g/mol. The van der Waals surface area contributed by atoms with Gasteiger partial charge in [0.25, 0.3) is 11.8 Å². The molecule has 4 rings (SSSR count). The molecule has 3 aromatic heterocycles. The van der Waals surface area contributed by atoms with E-state index in [0.29, 0.717) is 33.9 Å². The summed E-state index contributed by atoms with van der Waals surface area (Å²) in [7, 11) is 0. The van der Waals surface area contributed by atoms with Gasteiger partial charge in [0.15, 0.2) is 11.5 Å². The van der Waals surface area contributed by atoms with E-state index in [4.69, 9.17) is 16.7 Å². The Balaban J connectivity index is 1.69. The van der Waals surface area contributed by atoms with E-state index in [-0.39, 0.29) is 23.3 Å². The van der Waals surface area contributed by atoms with E-state index in [0.717, 1.165) is 6.07 Å². The number of aromatic nitrogens is 4. The highest BCUT2D eigenvalue weighted by atomic mass is 19.1. The third kappa shape index (κ3) is 3.79. The van der Waals surface area contributed by atoms with Crippen LogP contribution in [0, 0.1) is 32.0 Å². The van der Waals surface area contributed by atoms with Gasteiger partial charge in [-0.3, -0.25) is 14.3 Å². The van der Waals surface area contributed by atoms with Gasteiger partial charge in [-0.05, 0) is 38.0 Å². The van der Waals surface area contributed by atoms with Crippen LogP contribution >= 0.6 is 0 Å². The number of hydrogen-bond acceptors (Lipinski definition) is 6. The maximum Gasteiger partial charge on any atom is 0.267 e. The largest absolute Gasteiger partial charge is 0.364 e. The van der Waals surface area contributed by atoms with Crippen molar-refractivity contribution >= 4 is 28.4 Å². The Labute approximate surface area is 181 Å². The molecule has 0 fully saturated rings. The Morgan fingerprint density at radius 3 is 2.75 bits per heavy atom. The van der Waals surface area contributed by atoms with Gasteiger partial charge in [0.2, 0.25) is 0 Å². The van der Waals surface area contributed by atoms with E-state index in [1.807, 2.05) is 0 Å². The second-order valence-corrected chi connectivity index (χ2v) is 7.06. The fraction of sp³-hybridized carbons (Fsp3) is 0.136. The van der Waals surface area contributed by atoms with Gasteiger partial charge in [0.05, 0.1) is 28.2 Å². The van der Waals surface area contributed by atoms with Gasteiger partial charge in [-0.2, -0.15) is 5.10 Å². The normalized spacial score (nSPS) is 10.8. The summed E-state index contributed by atoms with van der Waals surface area (Å²) in [5.41, 5.74) is 7.55. The number of fused-ring (bicyclic) bond motifs is 1. The number of pyridine rings is 1. The van der Waals surface area contributed by atoms with Crippen LogP contribution in [0.5, 0.6) is 0 Å². The zero-order chi connectivity index (χ0) is 23.0. The van der Waals surface area contributed by atoms with Crippen LogP contribution in [-0.4, -0.2) is 31.7 Å². The highest BCUT2D eigenvalue weighted by Gasteiger charge is 2.20. The molecule has 32 heavy (non-hydrogen) atoms. The number of nitrogens with one attached hydrogen (secondary N) is 1. The first-order valence-electron chi connectivity index (χ1n) is 9.44. The van der Waals surface area contributed by atoms with Crippen LogP contribution in [0.4, 0.5) is 10.1 Å². The molecule has 0 saturated carbocycles. The molecule has 0 atom stereocenters. The number of carbonyl (C=O) groups is 2. The number of benzene rings is 1. The molecule has 9 nitrogen and oxygen atoms in total. The van der Waals surface area contributed by atoms with Crippen molar-refractivity contribution in [3.05, 3.63) is 70.2 Å². The average Bonchev–Trinajstić information content (AvgIpc) is 3.32. The highest BCUT2D eigenvalue weighted by molar-refractivity contribution is 6.14. The van der Waals surface area contributed by atoms with E-state index >= 15 is 0 Å². The molecular formula is C22H17FN6O3. The number of nitrogens with zero attached hydrogens (tertiary/aromatic N) is 4. The van der Waals surface area contributed by atoms with Crippen molar-refractivity contribution in [1.29, 1.82) is 0 Å². The Bertz CT molecular complexity index is 1430. The van der Waals surface area contributed by atoms with Crippen LogP contribution in [0.1, 0.15) is 43.7 Å². The summed E-state index contributed by atoms with van der Waals surface area (Å²) in [6.45, 7) is 3.78. The van der Waals surface area contributed by atoms with Gasteiger partial charge in [-0.15, -0.1) is 6.42 Å². The molecule has 3 N–H and O–H groups in total. The van der Waals surface area contributed by atoms with Crippen molar-refractivity contribution < 1.29 is 18.5 Å². The molecule has 3 heterocycles. The Kier molecular flexibility index (Phi) is 5.16. The number of anilines is 1. The summed E-state index contributed by atoms with van der Waals surface area (Å²) < 4.78 is 20.5. The smallest absolute Gasteiger partial charge is 0.267 e. The minimum atomic E-state index is -0.830. The molecule has 4 aromatic rings. The fourth-order valence-corrected chi connectivity index (χ4v) is 3.33. The minimum absolute atomic E-state index is 0.129. The summed E-state index contributed by atoms with van der Waals surface area (Å²) in [5, 5.41) is 11.4. The van der Waals surface area contributed by atoms with E-state index in [1.54, 1.807) is 24.6 Å². The predicted molar refractivity (Wildman–Crippen MR) is 113 cm³/mol. The van der Waals surface area contributed by atoms with E-state index in [1.165, 1.54) is 18.2 Å². The summed E-state index contributed by atoms with van der Waals surface area (Å²) in [5.74, 6) is 0.994. The van der Waals surface area contributed by atoms with E-state index in [9.17, 15) is 14.0 Å². The van der Waals surface area contributed by atoms with Gasteiger partial charge >= 0.3 is 0 Å². The highest BCUT2D eigenvalue weighted by Crippen LogP contribution is 2.24. The van der Waals surface area contributed by atoms with E-state index < -0.39 is 17.6 Å². The van der Waals surface area contributed by atoms with Crippen molar-refractivity contribution in [2.75, 3.05) is 5.32 Å². The first-order valence-corrected chi connectivity index (χ1v) is 9.44. The van der Waals surface area contributed by atoms with Crippen LogP contribution < -0.4 is 11.1 Å². The number of carbonyl (C=O) groups excluding carboxylic acids is 2. The van der Waals surface area contributed by atoms with Crippen LogP contribution in [0.2, 0.25) is 0 Å². The number of amides is 2. The quantitative estimate of drug-likeness (QED) is 0.466. The standard InChI is InChI=1S/C22H17FN6O3/c1-4-14-8-15(32-28-14)10-29-12(3)20(11(2)27-29)26-22(31)17-9-19(21(24)30)25-18-7-13(23)5-6-16(17)18/h1,5-9H,10H2,2-3H3,(H2,24,30)(H,26,31). The van der Waals surface area contributed by atoms with Gasteiger partial charge in [-0.1, -0.05) is 5.16 Å². The number of hydrogen-bond donors (Lipinski definition) is 2. The maximum atomic E-state index is 13.7. The lowest BCUT2D eigenvalue weighted by atomic mass is 10.1. The first kappa shape index (κ1) is 20.7. The van der Waals surface area contributed by atoms with Gasteiger partial charge in [0, 0.05) is 17.5 Å². The van der Waals surface area contributed by atoms with Gasteiger partial charge in [-0.25, -0.2) is 9.37 Å². The monoisotopic (exact) mass is 432 g/mol. The second kappa shape index (κ2) is 7.96. The zero-order valence-corrected chi connectivity index (χ0v) is 17.1. The summed E-state index contributed by atoms with van der Waals surface area (Å²) >= 11 is 0. The lowest BCUT2D eigenvalue weighted by Gasteiger charge is -2.10. The molecule has 10 heteroatoms. The minimum Gasteiger partial charge on any atom is -0.364 e. The molecule has 0 spiro atoms. The third-order valence-corrected chi connectivity index (χ3v) is 4.90. The van der Waals surface area contributed by atoms with Gasteiger partial charge in [0.1, 0.15) is 18.1 Å². The number of terminal acetylenes is 1. The van der Waals surface area contributed by atoms with Crippen LogP contribution in [-0.2, 0) is 6.54 Å². The molecule has 0 aliphatic carbocycles. The van der Waals surface area contributed by atoms with Crippen LogP contribution in [0.25, 0.3) is 10.9 Å². The molecule has 0 saturated heterocycles. The lowest BCUT2D eigenvalue weighted by Crippen LogP contribution is -2.18. The lowest BCUT2D eigenvalue weighted by molar-refractivity contribution is 0.0996. The summed E-state index contributed by atoms with van der Waals surface area (Å²) in [6, 6.07) is 6.68. The van der Waals surface area contributed by atoms with Gasteiger partial charge < -0.3 is 15.6 Å². The van der Waals surface area contributed by atoms with Crippen LogP contribution in [0.15, 0.2) is 34.9 Å². The Hall–Kier alpha value is -4.52. The predicted octanol–water partition coefficient (Wildman–Crippen LogP) is 2.56. The van der Waals surface area contributed by atoms with Crippen molar-refractivity contribution in [2.24, 2.45) is 5.73 Å². The number of halogens is 1.